The highest BCUT2D eigenvalue weighted by Crippen LogP contribution is 2.33. The van der Waals surface area contributed by atoms with Crippen molar-refractivity contribution in [2.75, 3.05) is 6.54 Å². The summed E-state index contributed by atoms with van der Waals surface area (Å²) in [5.41, 5.74) is 0.145. The largest absolute Gasteiger partial charge is 0.444 e. The molecule has 7 heteroatoms. The second-order valence-electron chi connectivity index (χ2n) is 9.90. The number of amides is 3. The lowest BCUT2D eigenvalue weighted by atomic mass is 9.88. The number of nitrogens with zero attached hydrogens (tertiary/aromatic N) is 1. The van der Waals surface area contributed by atoms with Crippen molar-refractivity contribution in [3.63, 3.8) is 0 Å². The Labute approximate surface area is 191 Å². The minimum atomic E-state index is -0.712. The van der Waals surface area contributed by atoms with E-state index in [1.54, 1.807) is 25.7 Å². The van der Waals surface area contributed by atoms with Gasteiger partial charge in [0.2, 0.25) is 11.8 Å². The highest BCUT2D eigenvalue weighted by molar-refractivity contribution is 5.90. The maximum atomic E-state index is 13.5. The van der Waals surface area contributed by atoms with Crippen LogP contribution < -0.4 is 10.6 Å². The van der Waals surface area contributed by atoms with Crippen molar-refractivity contribution in [3.05, 3.63) is 35.9 Å². The zero-order valence-corrected chi connectivity index (χ0v) is 19.6. The van der Waals surface area contributed by atoms with Crippen LogP contribution in [0.4, 0.5) is 4.79 Å². The molecule has 0 bridgehead atoms. The van der Waals surface area contributed by atoms with E-state index in [0.29, 0.717) is 0 Å². The van der Waals surface area contributed by atoms with Gasteiger partial charge in [-0.1, -0.05) is 49.6 Å². The molecule has 1 aromatic carbocycles. The number of benzene rings is 1. The van der Waals surface area contributed by atoms with E-state index < -0.39 is 17.7 Å². The molecule has 0 heterocycles. The molecule has 7 nitrogen and oxygen atoms in total. The maximum absolute atomic E-state index is 13.5. The van der Waals surface area contributed by atoms with Crippen LogP contribution in [0.3, 0.4) is 0 Å². The molecule has 3 amide bonds. The molecular formula is C25H37N3O4. The molecule has 2 aliphatic carbocycles. The normalized spacial score (nSPS) is 18.2. The van der Waals surface area contributed by atoms with Gasteiger partial charge in [-0.3, -0.25) is 9.59 Å². The number of ether oxygens (including phenoxy) is 1. The van der Waals surface area contributed by atoms with Gasteiger partial charge in [0, 0.05) is 12.1 Å². The van der Waals surface area contributed by atoms with Crippen molar-refractivity contribution in [3.8, 4) is 0 Å². The number of hydrogen-bond acceptors (Lipinski definition) is 4. The van der Waals surface area contributed by atoms with E-state index in [9.17, 15) is 14.4 Å². The van der Waals surface area contributed by atoms with Crippen molar-refractivity contribution in [2.45, 2.75) is 95.9 Å². The lowest BCUT2D eigenvalue weighted by Crippen LogP contribution is -2.54. The van der Waals surface area contributed by atoms with E-state index in [4.69, 9.17) is 4.74 Å². The molecule has 3 rings (SSSR count). The molecule has 2 fully saturated rings. The third-order valence-electron chi connectivity index (χ3n) is 6.13. The van der Waals surface area contributed by atoms with E-state index in [-0.39, 0.29) is 30.4 Å². The number of hydrogen-bond donors (Lipinski definition) is 2. The summed E-state index contributed by atoms with van der Waals surface area (Å²) in [5.74, 6) is -0.408. The number of nitrogens with one attached hydrogen (secondary N) is 2. The van der Waals surface area contributed by atoms with Gasteiger partial charge < -0.3 is 20.3 Å². The third kappa shape index (κ3) is 6.71. The Morgan fingerprint density at radius 1 is 1.00 bits per heavy atom. The Kier molecular flexibility index (Phi) is 8.15. The van der Waals surface area contributed by atoms with Gasteiger partial charge in [-0.25, -0.2) is 4.79 Å². The van der Waals surface area contributed by atoms with E-state index in [2.05, 4.69) is 10.6 Å². The molecule has 0 aliphatic heterocycles. The Morgan fingerprint density at radius 3 is 2.22 bits per heavy atom. The monoisotopic (exact) mass is 443 g/mol. The van der Waals surface area contributed by atoms with Gasteiger partial charge in [-0.15, -0.1) is 0 Å². The van der Waals surface area contributed by atoms with Crippen molar-refractivity contribution in [1.29, 1.82) is 0 Å². The highest BCUT2D eigenvalue weighted by Gasteiger charge is 2.39. The second-order valence-corrected chi connectivity index (χ2v) is 9.90. The van der Waals surface area contributed by atoms with Gasteiger partial charge in [0.25, 0.3) is 0 Å². The van der Waals surface area contributed by atoms with Crippen LogP contribution in [-0.2, 0) is 14.3 Å². The lowest BCUT2D eigenvalue weighted by Gasteiger charge is -2.42. The van der Waals surface area contributed by atoms with Crippen molar-refractivity contribution < 1.29 is 19.1 Å². The summed E-state index contributed by atoms with van der Waals surface area (Å²) in [6.45, 7) is 5.12. The Bertz CT molecular complexity index is 780. The van der Waals surface area contributed by atoms with E-state index in [0.717, 1.165) is 50.5 Å². The molecule has 1 atom stereocenters. The van der Waals surface area contributed by atoms with Crippen LogP contribution in [-0.4, -0.2) is 47.0 Å². The quantitative estimate of drug-likeness (QED) is 0.665. The third-order valence-corrected chi connectivity index (χ3v) is 6.13. The standard InChI is InChI=1S/C25H37N3O4/c1-25(2,3)32-24(31)26-17-21(29)28(20-15-10-16-20)22(18-11-6-4-7-12-18)23(30)27-19-13-8-5-9-14-19/h4,6-7,11-12,19-20,22H,5,8-10,13-17H2,1-3H3,(H,26,31)(H,27,30). The summed E-state index contributed by atoms with van der Waals surface area (Å²) in [5, 5.41) is 5.77. The van der Waals surface area contributed by atoms with Crippen LogP contribution >= 0.6 is 0 Å². The fraction of sp³-hybridized carbons (Fsp3) is 0.640. The van der Waals surface area contributed by atoms with E-state index >= 15 is 0 Å². The Morgan fingerprint density at radius 2 is 1.66 bits per heavy atom. The van der Waals surface area contributed by atoms with Gasteiger partial charge in [0.05, 0.1) is 0 Å². The molecule has 2 saturated carbocycles. The van der Waals surface area contributed by atoms with Crippen molar-refractivity contribution >= 4 is 17.9 Å². The molecule has 1 unspecified atom stereocenters. The summed E-state index contributed by atoms with van der Waals surface area (Å²) in [4.78, 5) is 40.6. The first-order chi connectivity index (χ1) is 15.2. The van der Waals surface area contributed by atoms with Gasteiger partial charge >= 0.3 is 6.09 Å². The van der Waals surface area contributed by atoms with Crippen molar-refractivity contribution in [2.24, 2.45) is 0 Å². The zero-order valence-electron chi connectivity index (χ0n) is 19.6. The molecule has 2 aliphatic rings. The summed E-state index contributed by atoms with van der Waals surface area (Å²) < 4.78 is 5.26. The average Bonchev–Trinajstić information content (AvgIpc) is 2.70. The first kappa shape index (κ1) is 24.1. The van der Waals surface area contributed by atoms with Gasteiger partial charge in [0.15, 0.2) is 0 Å². The molecule has 176 valence electrons. The summed E-state index contributed by atoms with van der Waals surface area (Å²) in [6, 6.07) is 8.90. The molecule has 0 saturated heterocycles. The number of rotatable bonds is 7. The van der Waals surface area contributed by atoms with Crippen LogP contribution in [0.25, 0.3) is 0 Å². The Balaban J connectivity index is 1.78. The fourth-order valence-electron chi connectivity index (χ4n) is 4.38. The second kappa shape index (κ2) is 10.8. The molecule has 0 aromatic heterocycles. The van der Waals surface area contributed by atoms with E-state index in [1.165, 1.54) is 6.42 Å². The summed E-state index contributed by atoms with van der Waals surface area (Å²) in [6.07, 6.45) is 7.50. The first-order valence-corrected chi connectivity index (χ1v) is 11.9. The van der Waals surface area contributed by atoms with Crippen LogP contribution in [0, 0.1) is 0 Å². The zero-order chi connectivity index (χ0) is 23.1. The Hall–Kier alpha value is -2.57. The minimum absolute atomic E-state index is 0.00903. The maximum Gasteiger partial charge on any atom is 0.408 e. The number of alkyl carbamates (subject to hydrolysis) is 1. The predicted octanol–water partition coefficient (Wildman–Crippen LogP) is 4.08. The topological polar surface area (TPSA) is 87.7 Å². The number of carbonyl (C=O) groups is 3. The smallest absolute Gasteiger partial charge is 0.408 e. The lowest BCUT2D eigenvalue weighted by molar-refractivity contribution is -0.145. The summed E-state index contributed by atoms with van der Waals surface area (Å²) in [7, 11) is 0. The summed E-state index contributed by atoms with van der Waals surface area (Å²) >= 11 is 0. The van der Waals surface area contributed by atoms with Gasteiger partial charge in [-0.05, 0) is 58.4 Å². The average molecular weight is 444 g/mol. The molecular weight excluding hydrogens is 406 g/mol. The van der Waals surface area contributed by atoms with Crippen LogP contribution in [0.2, 0.25) is 0 Å². The van der Waals surface area contributed by atoms with Crippen LogP contribution in [0.1, 0.15) is 83.7 Å². The highest BCUT2D eigenvalue weighted by atomic mass is 16.6. The van der Waals surface area contributed by atoms with Gasteiger partial charge in [0.1, 0.15) is 18.2 Å². The van der Waals surface area contributed by atoms with Gasteiger partial charge in [-0.2, -0.15) is 0 Å². The molecule has 1 aromatic rings. The predicted molar refractivity (Wildman–Crippen MR) is 123 cm³/mol. The molecule has 2 N–H and O–H groups in total. The van der Waals surface area contributed by atoms with E-state index in [1.807, 2.05) is 30.3 Å². The van der Waals surface area contributed by atoms with Crippen molar-refractivity contribution in [1.82, 2.24) is 15.5 Å². The van der Waals surface area contributed by atoms with Crippen LogP contribution in [0.15, 0.2) is 30.3 Å². The first-order valence-electron chi connectivity index (χ1n) is 11.9. The molecule has 32 heavy (non-hydrogen) atoms. The number of carbonyl (C=O) groups excluding carboxylic acids is 3. The molecule has 0 radical (unpaired) electrons. The molecule has 0 spiro atoms. The van der Waals surface area contributed by atoms with Crippen LogP contribution in [0.5, 0.6) is 0 Å². The minimum Gasteiger partial charge on any atom is -0.444 e. The fourth-order valence-corrected chi connectivity index (χ4v) is 4.38. The SMILES string of the molecule is CC(C)(C)OC(=O)NCC(=O)N(C1CCC1)C(C(=O)NC1CCCCC1)c1ccccc1.